The van der Waals surface area contributed by atoms with E-state index in [9.17, 15) is 9.59 Å². The lowest BCUT2D eigenvalue weighted by atomic mass is 9.99. The van der Waals surface area contributed by atoms with Gasteiger partial charge in [-0.15, -0.1) is 0 Å². The highest BCUT2D eigenvalue weighted by molar-refractivity contribution is 5.73. The number of esters is 1. The van der Waals surface area contributed by atoms with Gasteiger partial charge in [0.15, 0.2) is 0 Å². The van der Waals surface area contributed by atoms with Crippen molar-refractivity contribution >= 4 is 11.9 Å². The van der Waals surface area contributed by atoms with Crippen LogP contribution in [0.1, 0.15) is 39.5 Å². The molecule has 0 aliphatic carbocycles. The molecule has 1 fully saturated rings. The highest BCUT2D eigenvalue weighted by atomic mass is 16.5. The van der Waals surface area contributed by atoms with Crippen LogP contribution in [0.15, 0.2) is 0 Å². The number of likely N-dealkylation sites (tertiary alicyclic amines) is 1. The standard InChI is InChI=1S/C12H21NO3/c1-3-5-12(15)16-9-11-6-4-7-13(8-11)10(2)14/h11H,3-9H2,1-2H3/t11-/m0/s1. The zero-order chi connectivity index (χ0) is 12.0. The monoisotopic (exact) mass is 227 g/mol. The van der Waals surface area contributed by atoms with Crippen molar-refractivity contribution in [2.75, 3.05) is 19.7 Å². The maximum absolute atomic E-state index is 11.2. The fourth-order valence-corrected chi connectivity index (χ4v) is 1.97. The smallest absolute Gasteiger partial charge is 0.305 e. The van der Waals surface area contributed by atoms with E-state index in [2.05, 4.69) is 0 Å². The molecule has 1 rings (SSSR count). The lowest BCUT2D eigenvalue weighted by Gasteiger charge is -2.31. The normalized spacial score (nSPS) is 20.6. The Hall–Kier alpha value is -1.06. The molecule has 1 aliphatic heterocycles. The van der Waals surface area contributed by atoms with Crippen molar-refractivity contribution in [3.05, 3.63) is 0 Å². The molecule has 0 saturated carbocycles. The Kier molecular flexibility index (Phi) is 5.29. The van der Waals surface area contributed by atoms with E-state index in [1.165, 1.54) is 0 Å². The van der Waals surface area contributed by atoms with Crippen molar-refractivity contribution < 1.29 is 14.3 Å². The van der Waals surface area contributed by atoms with Crippen molar-refractivity contribution in [3.63, 3.8) is 0 Å². The third-order valence-corrected chi connectivity index (χ3v) is 2.90. The summed E-state index contributed by atoms with van der Waals surface area (Å²) in [6.45, 7) is 5.58. The summed E-state index contributed by atoms with van der Waals surface area (Å²) >= 11 is 0. The van der Waals surface area contributed by atoms with Gasteiger partial charge in [0.2, 0.25) is 5.91 Å². The van der Waals surface area contributed by atoms with Crippen LogP contribution in [0.3, 0.4) is 0 Å². The van der Waals surface area contributed by atoms with Crippen LogP contribution in [-0.4, -0.2) is 36.5 Å². The second kappa shape index (κ2) is 6.51. The molecule has 4 heteroatoms. The first-order valence-electron chi connectivity index (χ1n) is 6.04. The summed E-state index contributed by atoms with van der Waals surface area (Å²) in [5.74, 6) is 0.311. The molecular weight excluding hydrogens is 206 g/mol. The highest BCUT2D eigenvalue weighted by Gasteiger charge is 2.22. The van der Waals surface area contributed by atoms with E-state index in [-0.39, 0.29) is 11.9 Å². The predicted octanol–water partition coefficient (Wildman–Crippen LogP) is 1.59. The number of carbonyl (C=O) groups is 2. The SMILES string of the molecule is CCCC(=O)OC[C@H]1CCCN(C(C)=O)C1. The largest absolute Gasteiger partial charge is 0.465 e. The molecule has 0 aromatic carbocycles. The number of hydrogen-bond acceptors (Lipinski definition) is 3. The van der Waals surface area contributed by atoms with Crippen molar-refractivity contribution in [3.8, 4) is 0 Å². The maximum Gasteiger partial charge on any atom is 0.305 e. The van der Waals surface area contributed by atoms with Crippen LogP contribution in [0.4, 0.5) is 0 Å². The van der Waals surface area contributed by atoms with E-state index in [0.717, 1.165) is 32.4 Å². The first kappa shape index (κ1) is 13.0. The van der Waals surface area contributed by atoms with Crippen LogP contribution in [0.2, 0.25) is 0 Å². The lowest BCUT2D eigenvalue weighted by Crippen LogP contribution is -2.40. The number of ether oxygens (including phenoxy) is 1. The van der Waals surface area contributed by atoms with Gasteiger partial charge in [0.05, 0.1) is 6.61 Å². The van der Waals surface area contributed by atoms with E-state index in [1.807, 2.05) is 11.8 Å². The molecule has 1 atom stereocenters. The minimum atomic E-state index is -0.123. The quantitative estimate of drug-likeness (QED) is 0.685. The third kappa shape index (κ3) is 4.21. The van der Waals surface area contributed by atoms with Crippen LogP contribution < -0.4 is 0 Å². The Morgan fingerprint density at radius 1 is 1.44 bits per heavy atom. The minimum Gasteiger partial charge on any atom is -0.465 e. The number of piperidine rings is 1. The minimum absolute atomic E-state index is 0.115. The summed E-state index contributed by atoms with van der Waals surface area (Å²) in [7, 11) is 0. The Morgan fingerprint density at radius 3 is 2.81 bits per heavy atom. The molecule has 0 N–H and O–H groups in total. The molecule has 0 aromatic heterocycles. The Balaban J connectivity index is 2.26. The van der Waals surface area contributed by atoms with Crippen molar-refractivity contribution in [2.45, 2.75) is 39.5 Å². The Labute approximate surface area is 96.9 Å². The number of hydrogen-bond donors (Lipinski definition) is 0. The zero-order valence-electron chi connectivity index (χ0n) is 10.2. The average molecular weight is 227 g/mol. The lowest BCUT2D eigenvalue weighted by molar-refractivity contribution is -0.146. The second-order valence-electron chi connectivity index (χ2n) is 4.41. The number of nitrogens with zero attached hydrogens (tertiary/aromatic N) is 1. The molecule has 1 saturated heterocycles. The molecule has 0 radical (unpaired) electrons. The van der Waals surface area contributed by atoms with Crippen molar-refractivity contribution in [2.24, 2.45) is 5.92 Å². The van der Waals surface area contributed by atoms with E-state index in [1.54, 1.807) is 6.92 Å². The summed E-state index contributed by atoms with van der Waals surface area (Å²) < 4.78 is 5.17. The molecule has 0 unspecified atom stereocenters. The van der Waals surface area contributed by atoms with E-state index in [4.69, 9.17) is 4.74 Å². The van der Waals surface area contributed by atoms with Gasteiger partial charge in [0, 0.05) is 32.4 Å². The first-order chi connectivity index (χ1) is 7.63. The predicted molar refractivity (Wildman–Crippen MR) is 60.8 cm³/mol. The maximum atomic E-state index is 11.2. The van der Waals surface area contributed by atoms with Gasteiger partial charge in [-0.3, -0.25) is 9.59 Å². The van der Waals surface area contributed by atoms with Gasteiger partial charge in [0.1, 0.15) is 0 Å². The number of amides is 1. The molecule has 92 valence electrons. The molecule has 0 spiro atoms. The summed E-state index contributed by atoms with van der Waals surface area (Å²) in [6.07, 6.45) is 3.37. The number of rotatable bonds is 4. The summed E-state index contributed by atoms with van der Waals surface area (Å²) in [6, 6.07) is 0. The van der Waals surface area contributed by atoms with Gasteiger partial charge in [0.25, 0.3) is 0 Å². The van der Waals surface area contributed by atoms with Gasteiger partial charge in [-0.2, -0.15) is 0 Å². The van der Waals surface area contributed by atoms with Crippen LogP contribution in [0.25, 0.3) is 0 Å². The first-order valence-corrected chi connectivity index (χ1v) is 6.04. The Morgan fingerprint density at radius 2 is 2.19 bits per heavy atom. The molecule has 16 heavy (non-hydrogen) atoms. The number of carbonyl (C=O) groups excluding carboxylic acids is 2. The van der Waals surface area contributed by atoms with Gasteiger partial charge in [-0.1, -0.05) is 6.92 Å². The van der Waals surface area contributed by atoms with Crippen molar-refractivity contribution in [1.82, 2.24) is 4.90 Å². The van der Waals surface area contributed by atoms with Gasteiger partial charge in [-0.05, 0) is 19.3 Å². The highest BCUT2D eigenvalue weighted by Crippen LogP contribution is 2.17. The summed E-state index contributed by atoms with van der Waals surface area (Å²) in [5.41, 5.74) is 0. The van der Waals surface area contributed by atoms with Crippen LogP contribution >= 0.6 is 0 Å². The molecule has 0 bridgehead atoms. The third-order valence-electron chi connectivity index (χ3n) is 2.90. The van der Waals surface area contributed by atoms with Crippen LogP contribution in [0, 0.1) is 5.92 Å². The summed E-state index contributed by atoms with van der Waals surface area (Å²) in [5, 5.41) is 0. The molecule has 1 amide bonds. The average Bonchev–Trinajstić information content (AvgIpc) is 2.27. The molecule has 1 heterocycles. The Bertz CT molecular complexity index is 253. The molecule has 4 nitrogen and oxygen atoms in total. The van der Waals surface area contributed by atoms with Gasteiger partial charge in [-0.25, -0.2) is 0 Å². The van der Waals surface area contributed by atoms with E-state index in [0.29, 0.717) is 18.9 Å². The second-order valence-corrected chi connectivity index (χ2v) is 4.41. The van der Waals surface area contributed by atoms with E-state index >= 15 is 0 Å². The fraction of sp³-hybridized carbons (Fsp3) is 0.833. The van der Waals surface area contributed by atoms with E-state index < -0.39 is 0 Å². The van der Waals surface area contributed by atoms with Gasteiger partial charge >= 0.3 is 5.97 Å². The van der Waals surface area contributed by atoms with Crippen molar-refractivity contribution in [1.29, 1.82) is 0 Å². The van der Waals surface area contributed by atoms with Crippen LogP contribution in [0.5, 0.6) is 0 Å². The fourth-order valence-electron chi connectivity index (χ4n) is 1.97. The zero-order valence-corrected chi connectivity index (χ0v) is 10.2. The van der Waals surface area contributed by atoms with Gasteiger partial charge < -0.3 is 9.64 Å². The topological polar surface area (TPSA) is 46.6 Å². The molecule has 0 aromatic rings. The van der Waals surface area contributed by atoms with Crippen LogP contribution in [-0.2, 0) is 14.3 Å². The summed E-state index contributed by atoms with van der Waals surface area (Å²) in [4.78, 5) is 24.2. The molecular formula is C12H21NO3. The molecule has 1 aliphatic rings.